The molecule has 4 rings (SSSR count). The number of hydrogen-bond donors (Lipinski definition) is 1. The van der Waals surface area contributed by atoms with Crippen molar-refractivity contribution >= 4 is 32.3 Å². The molecule has 0 saturated heterocycles. The first kappa shape index (κ1) is 11.5. The molecule has 1 N–H and O–H groups in total. The van der Waals surface area contributed by atoms with Gasteiger partial charge in [-0.1, -0.05) is 6.92 Å². The van der Waals surface area contributed by atoms with E-state index in [1.54, 1.807) is 0 Å². The summed E-state index contributed by atoms with van der Waals surface area (Å²) in [5, 5.41) is 5.31. The van der Waals surface area contributed by atoms with E-state index in [9.17, 15) is 0 Å². The van der Waals surface area contributed by atoms with Crippen molar-refractivity contribution in [3.05, 3.63) is 34.3 Å². The molecule has 2 aromatic heterocycles. The topological polar surface area (TPSA) is 19.0 Å². The molecule has 0 bridgehead atoms. The van der Waals surface area contributed by atoms with Gasteiger partial charge in [-0.2, -0.15) is 0 Å². The standard InChI is InChI=1S/C16H18N2S/c1-3-10-9-19-14-5-4-13-16(15(10)14)11-8-18(2)7-6-12(11)17-13/h4-5,9,17H,3,6-8H2,1-2H3. The average Bonchev–Trinajstić information content (AvgIpc) is 2.98. The van der Waals surface area contributed by atoms with E-state index in [-0.39, 0.29) is 0 Å². The van der Waals surface area contributed by atoms with E-state index < -0.39 is 0 Å². The van der Waals surface area contributed by atoms with Crippen LogP contribution in [-0.4, -0.2) is 23.5 Å². The molecule has 3 heteroatoms. The maximum Gasteiger partial charge on any atom is 0.0466 e. The van der Waals surface area contributed by atoms with E-state index in [1.807, 2.05) is 11.3 Å². The Balaban J connectivity index is 2.13. The van der Waals surface area contributed by atoms with Crippen LogP contribution in [0.2, 0.25) is 0 Å². The third kappa shape index (κ3) is 1.58. The van der Waals surface area contributed by atoms with Crippen molar-refractivity contribution < 1.29 is 0 Å². The highest BCUT2D eigenvalue weighted by atomic mass is 32.1. The van der Waals surface area contributed by atoms with Gasteiger partial charge in [-0.3, -0.25) is 0 Å². The molecule has 2 nitrogen and oxygen atoms in total. The minimum Gasteiger partial charge on any atom is -0.358 e. The molecule has 0 unspecified atom stereocenters. The quantitative estimate of drug-likeness (QED) is 0.710. The number of benzene rings is 1. The lowest BCUT2D eigenvalue weighted by molar-refractivity contribution is 0.313. The van der Waals surface area contributed by atoms with Crippen molar-refractivity contribution in [1.29, 1.82) is 0 Å². The number of hydrogen-bond acceptors (Lipinski definition) is 2. The van der Waals surface area contributed by atoms with E-state index in [1.165, 1.54) is 37.8 Å². The van der Waals surface area contributed by atoms with Crippen LogP contribution < -0.4 is 0 Å². The second-order valence-electron chi connectivity index (χ2n) is 5.55. The second kappa shape index (κ2) is 4.09. The van der Waals surface area contributed by atoms with Crippen LogP contribution in [0, 0.1) is 0 Å². The van der Waals surface area contributed by atoms with Crippen LogP contribution >= 0.6 is 11.3 Å². The Morgan fingerprint density at radius 3 is 3.05 bits per heavy atom. The SMILES string of the molecule is CCc1csc2ccc3[nH]c4c(c3c12)CN(C)CC4. The zero-order valence-corrected chi connectivity index (χ0v) is 12.2. The largest absolute Gasteiger partial charge is 0.358 e. The number of rotatable bonds is 1. The summed E-state index contributed by atoms with van der Waals surface area (Å²) in [5.74, 6) is 0. The zero-order chi connectivity index (χ0) is 13.0. The molecular formula is C16H18N2S. The van der Waals surface area contributed by atoms with Crippen LogP contribution in [0.4, 0.5) is 0 Å². The predicted molar refractivity (Wildman–Crippen MR) is 83.1 cm³/mol. The fourth-order valence-electron chi connectivity index (χ4n) is 3.30. The van der Waals surface area contributed by atoms with Crippen molar-refractivity contribution in [3.8, 4) is 0 Å². The van der Waals surface area contributed by atoms with Crippen molar-refractivity contribution in [2.24, 2.45) is 0 Å². The van der Waals surface area contributed by atoms with Gasteiger partial charge in [0.1, 0.15) is 0 Å². The van der Waals surface area contributed by atoms with Gasteiger partial charge < -0.3 is 9.88 Å². The molecular weight excluding hydrogens is 252 g/mol. The van der Waals surface area contributed by atoms with Gasteiger partial charge in [-0.15, -0.1) is 11.3 Å². The third-order valence-electron chi connectivity index (χ3n) is 4.32. The number of nitrogens with one attached hydrogen (secondary N) is 1. The first-order chi connectivity index (χ1) is 9.28. The van der Waals surface area contributed by atoms with E-state index in [0.29, 0.717) is 0 Å². The lowest BCUT2D eigenvalue weighted by Crippen LogP contribution is -2.26. The van der Waals surface area contributed by atoms with Crippen LogP contribution in [0.3, 0.4) is 0 Å². The van der Waals surface area contributed by atoms with Crippen LogP contribution in [0.15, 0.2) is 17.5 Å². The molecule has 0 amide bonds. The third-order valence-corrected chi connectivity index (χ3v) is 5.32. The van der Waals surface area contributed by atoms with Gasteiger partial charge in [0.25, 0.3) is 0 Å². The van der Waals surface area contributed by atoms with Crippen LogP contribution in [0.1, 0.15) is 23.7 Å². The van der Waals surface area contributed by atoms with Crippen LogP contribution in [-0.2, 0) is 19.4 Å². The molecule has 1 aliphatic rings. The Labute approximate surface area is 117 Å². The highest BCUT2D eigenvalue weighted by molar-refractivity contribution is 7.17. The molecule has 1 aliphatic heterocycles. The summed E-state index contributed by atoms with van der Waals surface area (Å²) in [4.78, 5) is 6.07. The lowest BCUT2D eigenvalue weighted by Gasteiger charge is -2.22. The molecule has 0 fully saturated rings. The number of aromatic amines is 1. The van der Waals surface area contributed by atoms with Gasteiger partial charge in [-0.05, 0) is 42.1 Å². The smallest absolute Gasteiger partial charge is 0.0466 e. The van der Waals surface area contributed by atoms with Crippen molar-refractivity contribution in [2.75, 3.05) is 13.6 Å². The van der Waals surface area contributed by atoms with Gasteiger partial charge in [0.15, 0.2) is 0 Å². The Kier molecular flexibility index (Phi) is 2.47. The highest BCUT2D eigenvalue weighted by Crippen LogP contribution is 2.37. The maximum atomic E-state index is 3.65. The second-order valence-corrected chi connectivity index (χ2v) is 6.46. The molecule has 0 atom stereocenters. The zero-order valence-electron chi connectivity index (χ0n) is 11.4. The highest BCUT2D eigenvalue weighted by Gasteiger charge is 2.21. The van der Waals surface area contributed by atoms with Crippen molar-refractivity contribution in [3.63, 3.8) is 0 Å². The van der Waals surface area contributed by atoms with Crippen LogP contribution in [0.25, 0.3) is 21.0 Å². The van der Waals surface area contributed by atoms with E-state index in [0.717, 1.165) is 25.9 Å². The maximum absolute atomic E-state index is 3.65. The summed E-state index contributed by atoms with van der Waals surface area (Å²) in [7, 11) is 2.22. The summed E-state index contributed by atoms with van der Waals surface area (Å²) in [6.07, 6.45) is 2.27. The number of fused-ring (bicyclic) bond motifs is 5. The van der Waals surface area contributed by atoms with Crippen molar-refractivity contribution in [1.82, 2.24) is 9.88 Å². The number of thiophene rings is 1. The summed E-state index contributed by atoms with van der Waals surface area (Å²) >= 11 is 1.88. The first-order valence-corrected chi connectivity index (χ1v) is 7.87. The molecule has 3 aromatic rings. The molecule has 19 heavy (non-hydrogen) atoms. The lowest BCUT2D eigenvalue weighted by atomic mass is 10.00. The van der Waals surface area contributed by atoms with Crippen molar-refractivity contribution in [2.45, 2.75) is 26.3 Å². The Morgan fingerprint density at radius 2 is 2.21 bits per heavy atom. The number of aryl methyl sites for hydroxylation is 1. The predicted octanol–water partition coefficient (Wildman–Crippen LogP) is 3.93. The van der Waals surface area contributed by atoms with E-state index >= 15 is 0 Å². The van der Waals surface area contributed by atoms with Crippen LogP contribution in [0.5, 0.6) is 0 Å². The number of nitrogens with zero attached hydrogens (tertiary/aromatic N) is 1. The molecule has 98 valence electrons. The first-order valence-electron chi connectivity index (χ1n) is 6.99. The Hall–Kier alpha value is -1.32. The summed E-state index contributed by atoms with van der Waals surface area (Å²) < 4.78 is 1.43. The molecule has 3 heterocycles. The normalized spacial score (nSPS) is 16.3. The Bertz CT molecular complexity index is 766. The van der Waals surface area contributed by atoms with E-state index in [4.69, 9.17) is 0 Å². The summed E-state index contributed by atoms with van der Waals surface area (Å²) in [6.45, 7) is 4.49. The summed E-state index contributed by atoms with van der Waals surface area (Å²) in [5.41, 5.74) is 5.80. The monoisotopic (exact) mass is 270 g/mol. The summed E-state index contributed by atoms with van der Waals surface area (Å²) in [6, 6.07) is 4.53. The van der Waals surface area contributed by atoms with Gasteiger partial charge in [0, 0.05) is 46.2 Å². The van der Waals surface area contributed by atoms with Gasteiger partial charge in [0.05, 0.1) is 0 Å². The average molecular weight is 270 g/mol. The van der Waals surface area contributed by atoms with Gasteiger partial charge in [-0.25, -0.2) is 0 Å². The molecule has 0 saturated carbocycles. The van der Waals surface area contributed by atoms with E-state index in [2.05, 4.69) is 41.4 Å². The minimum absolute atomic E-state index is 1.08. The minimum atomic E-state index is 1.08. The molecule has 0 aliphatic carbocycles. The number of aromatic nitrogens is 1. The fraction of sp³-hybridized carbons (Fsp3) is 0.375. The Morgan fingerprint density at radius 1 is 1.32 bits per heavy atom. The fourth-order valence-corrected chi connectivity index (χ4v) is 4.35. The number of H-pyrrole nitrogens is 1. The molecule has 0 spiro atoms. The molecule has 0 radical (unpaired) electrons. The van der Waals surface area contributed by atoms with Gasteiger partial charge >= 0.3 is 0 Å². The molecule has 1 aromatic carbocycles. The van der Waals surface area contributed by atoms with Gasteiger partial charge in [0.2, 0.25) is 0 Å². The number of likely N-dealkylation sites (N-methyl/N-ethyl adjacent to an activating group) is 1.